The molecule has 7 rings (SSSR count). The van der Waals surface area contributed by atoms with Crippen LogP contribution in [0, 0.1) is 39.2 Å². The normalized spacial score (nSPS) is 25.8. The number of non-ortho nitro benzene ring substituents is 1. The average Bonchev–Trinajstić information content (AvgIpc) is 3.28. The van der Waals surface area contributed by atoms with E-state index in [-0.39, 0.29) is 55.6 Å². The Labute approximate surface area is 356 Å². The molecule has 2 N–H and O–H groups in total. The Morgan fingerprint density at radius 2 is 1.84 bits per heavy atom. The summed E-state index contributed by atoms with van der Waals surface area (Å²) in [6.07, 6.45) is 10.5. The number of nitriles is 1. The number of likely N-dealkylation sites (N-methyl/N-ethyl adjacent to an activating group) is 1. The first-order valence-corrected chi connectivity index (χ1v) is 21.3. The summed E-state index contributed by atoms with van der Waals surface area (Å²) in [7, 11) is 1.73. The highest BCUT2D eigenvalue weighted by Crippen LogP contribution is 2.62. The maximum absolute atomic E-state index is 14.6. The molecule has 4 aliphatic rings. The van der Waals surface area contributed by atoms with Gasteiger partial charge in [0, 0.05) is 56.2 Å². The van der Waals surface area contributed by atoms with Gasteiger partial charge in [-0.05, 0) is 104 Å². The molecule has 0 bridgehead atoms. The van der Waals surface area contributed by atoms with E-state index in [1.54, 1.807) is 60.5 Å². The third kappa shape index (κ3) is 9.35. The largest absolute Gasteiger partial charge is 0.459 e. The van der Waals surface area contributed by atoms with E-state index in [4.69, 9.17) is 28.9 Å². The minimum absolute atomic E-state index is 0.0107. The monoisotopic (exact) mass is 834 g/mol. The number of carbonyl (C=O) groups excluding carboxylic acids is 1. The lowest BCUT2D eigenvalue weighted by Gasteiger charge is -2.59. The van der Waals surface area contributed by atoms with Gasteiger partial charge in [0.25, 0.3) is 11.6 Å². The van der Waals surface area contributed by atoms with Crippen LogP contribution in [-0.4, -0.2) is 83.2 Å². The maximum Gasteiger partial charge on any atom is 0.273 e. The number of fused-ring (bicyclic) bond motifs is 2. The number of benzene rings is 3. The molecule has 2 heterocycles. The van der Waals surface area contributed by atoms with Gasteiger partial charge >= 0.3 is 0 Å². The van der Waals surface area contributed by atoms with E-state index >= 15 is 0 Å². The average molecular weight is 835 g/mol. The summed E-state index contributed by atoms with van der Waals surface area (Å²) in [4.78, 5) is 33.6. The molecule has 0 aromatic heterocycles. The SMILES string of the molecule is C=CCO[C@@]12Oc3ccc(Oc4cccc([N+](=O)[O-])c4)cc3[C@H]3[C@H](CCCCO)[C@@H](CCCCO)C=C(C(=NOC4CCCCO4)C[C@@H]1N(C)C(=O)c1ccc(C#N)cc1)[C@H]32. The van der Waals surface area contributed by atoms with Crippen molar-refractivity contribution in [2.45, 2.75) is 88.2 Å². The third-order valence-corrected chi connectivity index (χ3v) is 12.4. The summed E-state index contributed by atoms with van der Waals surface area (Å²) < 4.78 is 26.5. The van der Waals surface area contributed by atoms with Crippen molar-refractivity contribution in [3.8, 4) is 23.3 Å². The lowest BCUT2D eigenvalue weighted by molar-refractivity contribution is -0.384. The number of hydrogen-bond acceptors (Lipinski definition) is 12. The molecule has 7 atom stereocenters. The van der Waals surface area contributed by atoms with Crippen molar-refractivity contribution < 1.29 is 43.7 Å². The highest BCUT2D eigenvalue weighted by Gasteiger charge is 2.65. The molecule has 2 aliphatic carbocycles. The molecule has 3 aromatic carbocycles. The van der Waals surface area contributed by atoms with E-state index in [9.17, 15) is 30.4 Å². The zero-order valence-electron chi connectivity index (χ0n) is 34.5. The number of allylic oxidation sites excluding steroid dienone is 1. The van der Waals surface area contributed by atoms with Crippen LogP contribution in [0.15, 0.2) is 96.2 Å². The number of amides is 1. The molecule has 14 heteroatoms. The molecular formula is C47H54N4O10. The summed E-state index contributed by atoms with van der Waals surface area (Å²) >= 11 is 0. The second kappa shape index (κ2) is 19.9. The maximum atomic E-state index is 14.6. The number of ether oxygens (including phenoxy) is 4. The summed E-state index contributed by atoms with van der Waals surface area (Å²) in [5, 5.41) is 45.8. The first-order chi connectivity index (χ1) is 29.7. The Balaban J connectivity index is 1.42. The molecule has 61 heavy (non-hydrogen) atoms. The molecule has 1 unspecified atom stereocenters. The number of aliphatic hydroxyl groups is 2. The van der Waals surface area contributed by atoms with Gasteiger partial charge in [-0.2, -0.15) is 5.26 Å². The van der Waals surface area contributed by atoms with Crippen LogP contribution in [0.3, 0.4) is 0 Å². The van der Waals surface area contributed by atoms with Gasteiger partial charge in [-0.3, -0.25) is 14.9 Å². The van der Waals surface area contributed by atoms with Gasteiger partial charge in [0.2, 0.25) is 12.1 Å². The number of nitro benzene ring substituents is 1. The smallest absolute Gasteiger partial charge is 0.273 e. The Morgan fingerprint density at radius 3 is 2.54 bits per heavy atom. The zero-order valence-corrected chi connectivity index (χ0v) is 34.5. The number of hydrogen-bond donors (Lipinski definition) is 2. The van der Waals surface area contributed by atoms with Gasteiger partial charge in [0.05, 0.1) is 47.5 Å². The fourth-order valence-corrected chi connectivity index (χ4v) is 9.54. The standard InChI is InChI=1S/C47H54N4O10/c1-3-24-58-47-42(50(2)46(54)32-18-16-31(30-48)17-19-32)29-40(49-61-43-15-6-9-25-57-43)38-26-33(11-4-7-22-52)37(14-5-8-23-53)44(45(38)47)39-28-36(20-21-41(39)60-47)59-35-13-10-12-34(27-35)51(55)56/h3,10,12-13,16-21,26-28,33,37,42-45,52-53H,1,4-9,11,14-15,22-25,29H2,2H3/t33-,37+,42-,43?,44+,45+,47+/m0/s1. The second-order valence-corrected chi connectivity index (χ2v) is 16.1. The summed E-state index contributed by atoms with van der Waals surface area (Å²) in [6, 6.07) is 19.4. The summed E-state index contributed by atoms with van der Waals surface area (Å²) in [5.41, 5.74) is 3.08. The van der Waals surface area contributed by atoms with Crippen LogP contribution in [0.2, 0.25) is 0 Å². The van der Waals surface area contributed by atoms with E-state index in [0.717, 1.165) is 49.7 Å². The molecule has 1 saturated heterocycles. The van der Waals surface area contributed by atoms with Crippen molar-refractivity contribution in [3.63, 3.8) is 0 Å². The highest BCUT2D eigenvalue weighted by atomic mass is 16.8. The number of rotatable bonds is 18. The van der Waals surface area contributed by atoms with Gasteiger partial charge in [-0.25, -0.2) is 0 Å². The highest BCUT2D eigenvalue weighted by molar-refractivity contribution is 6.03. The van der Waals surface area contributed by atoms with Crippen LogP contribution >= 0.6 is 0 Å². The van der Waals surface area contributed by atoms with Crippen LogP contribution < -0.4 is 9.47 Å². The minimum Gasteiger partial charge on any atom is -0.459 e. The number of oxime groups is 1. The van der Waals surface area contributed by atoms with Gasteiger partial charge < -0.3 is 38.9 Å². The van der Waals surface area contributed by atoms with Crippen LogP contribution in [0.25, 0.3) is 0 Å². The van der Waals surface area contributed by atoms with Gasteiger partial charge in [-0.15, -0.1) is 6.58 Å². The summed E-state index contributed by atoms with van der Waals surface area (Å²) in [6.45, 7) is 4.77. The first kappa shape index (κ1) is 43.5. The Hall–Kier alpha value is -5.59. The van der Waals surface area contributed by atoms with E-state index in [1.807, 2.05) is 12.1 Å². The minimum atomic E-state index is -1.47. The predicted molar refractivity (Wildman–Crippen MR) is 226 cm³/mol. The van der Waals surface area contributed by atoms with Crippen LogP contribution in [0.5, 0.6) is 17.2 Å². The van der Waals surface area contributed by atoms with E-state index in [0.29, 0.717) is 60.0 Å². The molecule has 322 valence electrons. The number of unbranched alkanes of at least 4 members (excludes halogenated alkanes) is 2. The van der Waals surface area contributed by atoms with Crippen LogP contribution in [0.4, 0.5) is 5.69 Å². The number of nitrogens with zero attached hydrogens (tertiary/aromatic N) is 4. The van der Waals surface area contributed by atoms with Crippen molar-refractivity contribution in [2.24, 2.45) is 22.9 Å². The zero-order chi connectivity index (χ0) is 42.9. The molecular weight excluding hydrogens is 781 g/mol. The van der Waals surface area contributed by atoms with Gasteiger partial charge in [-0.1, -0.05) is 36.2 Å². The van der Waals surface area contributed by atoms with Crippen molar-refractivity contribution in [3.05, 3.63) is 118 Å². The third-order valence-electron chi connectivity index (χ3n) is 12.4. The molecule has 2 fully saturated rings. The summed E-state index contributed by atoms with van der Waals surface area (Å²) in [5.74, 6) is -1.35. The topological polar surface area (TPSA) is 186 Å². The quantitative estimate of drug-likeness (QED) is 0.0545. The molecule has 3 aromatic rings. The molecule has 1 amide bonds. The molecule has 14 nitrogen and oxygen atoms in total. The predicted octanol–water partition coefficient (Wildman–Crippen LogP) is 8.19. The second-order valence-electron chi connectivity index (χ2n) is 16.1. The lowest BCUT2D eigenvalue weighted by atomic mass is 9.55. The Morgan fingerprint density at radius 1 is 1.07 bits per heavy atom. The van der Waals surface area contributed by atoms with E-state index in [1.165, 1.54) is 12.1 Å². The molecule has 2 aliphatic heterocycles. The number of aliphatic hydroxyl groups excluding tert-OH is 2. The van der Waals surface area contributed by atoms with Crippen LogP contribution in [0.1, 0.15) is 91.6 Å². The van der Waals surface area contributed by atoms with Crippen LogP contribution in [-0.2, 0) is 14.3 Å². The van der Waals surface area contributed by atoms with Crippen molar-refractivity contribution in [2.75, 3.05) is 33.5 Å². The van der Waals surface area contributed by atoms with E-state index in [2.05, 4.69) is 18.7 Å². The Kier molecular flexibility index (Phi) is 14.2. The van der Waals surface area contributed by atoms with Crippen molar-refractivity contribution in [1.29, 1.82) is 5.26 Å². The Bertz CT molecular complexity index is 2140. The number of nitro groups is 1. The van der Waals surface area contributed by atoms with Gasteiger partial charge in [0.15, 0.2) is 0 Å². The van der Waals surface area contributed by atoms with E-state index < -0.39 is 29.0 Å². The lowest BCUT2D eigenvalue weighted by Crippen LogP contribution is -2.69. The first-order valence-electron chi connectivity index (χ1n) is 21.3. The van der Waals surface area contributed by atoms with Gasteiger partial charge in [0.1, 0.15) is 23.3 Å². The molecule has 1 saturated carbocycles. The fourth-order valence-electron chi connectivity index (χ4n) is 9.54. The number of carbonyl (C=O) groups is 1. The fraction of sp³-hybridized carbons (Fsp3) is 0.468. The van der Waals surface area contributed by atoms with Crippen molar-refractivity contribution >= 4 is 17.3 Å². The molecule has 0 spiro atoms. The molecule has 0 radical (unpaired) electrons. The van der Waals surface area contributed by atoms with Crippen molar-refractivity contribution in [1.82, 2.24) is 4.90 Å².